The van der Waals surface area contributed by atoms with Gasteiger partial charge in [0.2, 0.25) is 0 Å². The van der Waals surface area contributed by atoms with Gasteiger partial charge < -0.3 is 9.72 Å². The van der Waals surface area contributed by atoms with Crippen molar-refractivity contribution in [2.75, 3.05) is 7.11 Å². The summed E-state index contributed by atoms with van der Waals surface area (Å²) in [7, 11) is 1.64. The van der Waals surface area contributed by atoms with Crippen molar-refractivity contribution in [1.29, 1.82) is 0 Å². The summed E-state index contributed by atoms with van der Waals surface area (Å²) < 4.78 is 7.02. The van der Waals surface area contributed by atoms with E-state index in [1.54, 1.807) is 7.11 Å². The van der Waals surface area contributed by atoms with Crippen LogP contribution in [0.1, 0.15) is 5.82 Å². The van der Waals surface area contributed by atoms with Gasteiger partial charge in [-0.2, -0.15) is 0 Å². The Bertz CT molecular complexity index is 493. The van der Waals surface area contributed by atoms with E-state index in [4.69, 9.17) is 4.74 Å². The van der Waals surface area contributed by atoms with Crippen LogP contribution in [0.5, 0.6) is 5.75 Å². The Balaban J connectivity index is 2.84. The van der Waals surface area contributed by atoms with E-state index in [0.29, 0.717) is 0 Å². The Morgan fingerprint density at radius 1 is 1.43 bits per heavy atom. The third-order valence-electron chi connectivity index (χ3n) is 1.95. The Morgan fingerprint density at radius 3 is 2.79 bits per heavy atom. The first-order valence-electron chi connectivity index (χ1n) is 4.01. The summed E-state index contributed by atoms with van der Waals surface area (Å²) in [6, 6.07) is 1.96. The van der Waals surface area contributed by atoms with Crippen molar-refractivity contribution >= 4 is 42.9 Å². The van der Waals surface area contributed by atoms with E-state index in [9.17, 15) is 0 Å². The number of aryl methyl sites for hydroxylation is 1. The first-order valence-corrected chi connectivity index (χ1v) is 5.60. The molecule has 14 heavy (non-hydrogen) atoms. The maximum Gasteiger partial charge on any atom is 0.149 e. The van der Waals surface area contributed by atoms with Gasteiger partial charge in [-0.25, -0.2) is 4.98 Å². The number of aromatic amines is 1. The average molecular weight is 320 g/mol. The Kier molecular flexibility index (Phi) is 2.53. The highest BCUT2D eigenvalue weighted by atomic mass is 79.9. The molecule has 2 aromatic rings. The number of halogens is 2. The summed E-state index contributed by atoms with van der Waals surface area (Å²) in [6.45, 7) is 1.92. The third-order valence-corrected chi connectivity index (χ3v) is 3.27. The fraction of sp³-hybridized carbons (Fsp3) is 0.222. The zero-order valence-electron chi connectivity index (χ0n) is 7.69. The maximum absolute atomic E-state index is 5.25. The van der Waals surface area contributed by atoms with Crippen molar-refractivity contribution in [3.05, 3.63) is 20.8 Å². The van der Waals surface area contributed by atoms with Crippen molar-refractivity contribution in [1.82, 2.24) is 9.97 Å². The molecular formula is C9H8Br2N2O. The van der Waals surface area contributed by atoms with Gasteiger partial charge in [-0.3, -0.25) is 0 Å². The second kappa shape index (κ2) is 3.55. The van der Waals surface area contributed by atoms with E-state index in [1.165, 1.54) is 0 Å². The lowest BCUT2D eigenvalue weighted by Gasteiger charge is -2.05. The molecule has 1 heterocycles. The number of fused-ring (bicyclic) bond motifs is 1. The maximum atomic E-state index is 5.25. The molecule has 1 aromatic carbocycles. The van der Waals surface area contributed by atoms with Gasteiger partial charge in [-0.15, -0.1) is 0 Å². The number of ether oxygens (including phenoxy) is 1. The number of H-pyrrole nitrogens is 1. The molecule has 3 nitrogen and oxygen atoms in total. The van der Waals surface area contributed by atoms with Crippen molar-refractivity contribution in [3.8, 4) is 5.75 Å². The normalized spacial score (nSPS) is 10.9. The minimum atomic E-state index is 0.768. The molecule has 0 aliphatic carbocycles. The zero-order valence-corrected chi connectivity index (χ0v) is 10.9. The topological polar surface area (TPSA) is 37.9 Å². The zero-order chi connectivity index (χ0) is 10.3. The van der Waals surface area contributed by atoms with Gasteiger partial charge in [0.05, 0.1) is 21.6 Å². The van der Waals surface area contributed by atoms with Crippen LogP contribution in [0, 0.1) is 6.92 Å². The number of aromatic nitrogens is 2. The molecule has 1 aromatic heterocycles. The van der Waals surface area contributed by atoms with Gasteiger partial charge >= 0.3 is 0 Å². The highest BCUT2D eigenvalue weighted by Gasteiger charge is 2.12. The van der Waals surface area contributed by atoms with Gasteiger partial charge in [-0.1, -0.05) is 0 Å². The first-order chi connectivity index (χ1) is 6.63. The predicted octanol–water partition coefficient (Wildman–Crippen LogP) is 3.40. The van der Waals surface area contributed by atoms with Crippen molar-refractivity contribution in [3.63, 3.8) is 0 Å². The molecule has 0 bridgehead atoms. The molecule has 5 heteroatoms. The standard InChI is InChI=1S/C9H8Br2N2O/c1-4-12-6-3-5(10)9(14-2)7(11)8(6)13-4/h3H,1-2H3,(H,12,13). The quantitative estimate of drug-likeness (QED) is 0.874. The number of benzene rings is 1. The van der Waals surface area contributed by atoms with Crippen LogP contribution in [0.3, 0.4) is 0 Å². The third kappa shape index (κ3) is 1.44. The van der Waals surface area contributed by atoms with Crippen molar-refractivity contribution in [2.24, 2.45) is 0 Å². The van der Waals surface area contributed by atoms with Crippen LogP contribution >= 0.6 is 31.9 Å². The molecule has 0 unspecified atom stereocenters. The molecule has 2 rings (SSSR count). The molecule has 0 aliphatic rings. The summed E-state index contributed by atoms with van der Waals surface area (Å²) in [5.41, 5.74) is 1.88. The highest BCUT2D eigenvalue weighted by molar-refractivity contribution is 9.11. The highest BCUT2D eigenvalue weighted by Crippen LogP contribution is 2.38. The monoisotopic (exact) mass is 318 g/mol. The average Bonchev–Trinajstić information content (AvgIpc) is 2.47. The molecule has 74 valence electrons. The summed E-state index contributed by atoms with van der Waals surface area (Å²) >= 11 is 6.90. The van der Waals surface area contributed by atoms with Crippen LogP contribution in [0.2, 0.25) is 0 Å². The minimum absolute atomic E-state index is 0.768. The molecule has 0 saturated heterocycles. The second-order valence-corrected chi connectivity index (χ2v) is 4.57. The lowest BCUT2D eigenvalue weighted by molar-refractivity contribution is 0.410. The fourth-order valence-corrected chi connectivity index (χ4v) is 2.91. The molecule has 0 fully saturated rings. The van der Waals surface area contributed by atoms with Crippen LogP contribution in [-0.2, 0) is 0 Å². The molecule has 0 radical (unpaired) electrons. The fourth-order valence-electron chi connectivity index (χ4n) is 1.37. The van der Waals surface area contributed by atoms with Crippen LogP contribution in [0.15, 0.2) is 15.0 Å². The molecule has 1 N–H and O–H groups in total. The van der Waals surface area contributed by atoms with Crippen LogP contribution < -0.4 is 4.74 Å². The number of rotatable bonds is 1. The smallest absolute Gasteiger partial charge is 0.149 e. The summed E-state index contributed by atoms with van der Waals surface area (Å²) in [4.78, 5) is 7.52. The molecule has 0 spiro atoms. The summed E-state index contributed by atoms with van der Waals surface area (Å²) in [5.74, 6) is 1.66. The van der Waals surface area contributed by atoms with Crippen molar-refractivity contribution < 1.29 is 4.74 Å². The Morgan fingerprint density at radius 2 is 2.14 bits per heavy atom. The molecule has 0 aliphatic heterocycles. The largest absolute Gasteiger partial charge is 0.494 e. The van der Waals surface area contributed by atoms with Crippen LogP contribution in [0.4, 0.5) is 0 Å². The Hall–Kier alpha value is -0.550. The number of hydrogen-bond acceptors (Lipinski definition) is 2. The number of nitrogens with one attached hydrogen (secondary N) is 1. The van der Waals surface area contributed by atoms with E-state index in [2.05, 4.69) is 41.8 Å². The van der Waals surface area contributed by atoms with E-state index in [0.717, 1.165) is 31.6 Å². The number of methoxy groups -OCH3 is 1. The van der Waals surface area contributed by atoms with E-state index in [-0.39, 0.29) is 0 Å². The first kappa shape index (κ1) is 9.98. The lowest BCUT2D eigenvalue weighted by Crippen LogP contribution is -1.87. The lowest BCUT2D eigenvalue weighted by atomic mass is 10.3. The van der Waals surface area contributed by atoms with Gasteiger partial charge in [0.1, 0.15) is 17.1 Å². The number of imidazole rings is 1. The van der Waals surface area contributed by atoms with Gasteiger partial charge in [-0.05, 0) is 44.8 Å². The predicted molar refractivity (Wildman–Crippen MR) is 62.8 cm³/mol. The van der Waals surface area contributed by atoms with Gasteiger partial charge in [0, 0.05) is 0 Å². The number of nitrogens with zero attached hydrogens (tertiary/aromatic N) is 1. The molecule has 0 saturated carbocycles. The summed E-state index contributed by atoms with van der Waals surface area (Å²) in [5, 5.41) is 0. The number of hydrogen-bond donors (Lipinski definition) is 1. The Labute approximate surface area is 98.1 Å². The van der Waals surface area contributed by atoms with Crippen molar-refractivity contribution in [2.45, 2.75) is 6.92 Å². The van der Waals surface area contributed by atoms with E-state index >= 15 is 0 Å². The van der Waals surface area contributed by atoms with Crippen LogP contribution in [-0.4, -0.2) is 17.1 Å². The van der Waals surface area contributed by atoms with Gasteiger partial charge in [0.15, 0.2) is 0 Å². The second-order valence-electron chi connectivity index (χ2n) is 2.92. The van der Waals surface area contributed by atoms with Gasteiger partial charge in [0.25, 0.3) is 0 Å². The molecule has 0 amide bonds. The molecule has 0 atom stereocenters. The summed E-state index contributed by atoms with van der Waals surface area (Å²) in [6.07, 6.45) is 0. The minimum Gasteiger partial charge on any atom is -0.494 e. The SMILES string of the molecule is COc1c(Br)cc2[nH]c(C)nc2c1Br. The molecular weight excluding hydrogens is 312 g/mol. The van der Waals surface area contributed by atoms with Crippen LogP contribution in [0.25, 0.3) is 11.0 Å². The van der Waals surface area contributed by atoms with E-state index in [1.807, 2.05) is 13.0 Å². The van der Waals surface area contributed by atoms with E-state index < -0.39 is 0 Å².